The number of ether oxygens (including phenoxy) is 1. The van der Waals surface area contributed by atoms with E-state index >= 15 is 0 Å². The molecule has 1 atom stereocenters. The Bertz CT molecular complexity index is 319. The predicted molar refractivity (Wildman–Crippen MR) is 111 cm³/mol. The van der Waals surface area contributed by atoms with E-state index in [1.54, 1.807) is 0 Å². The van der Waals surface area contributed by atoms with E-state index in [-0.39, 0.29) is 24.0 Å². The highest BCUT2D eigenvalue weighted by Gasteiger charge is 2.41. The zero-order valence-electron chi connectivity index (χ0n) is 15.6. The standard InChI is InChI=1S/C18H37N3O.HI/c1-5-8-9-10-16(4)21-17(19-6-2)20-15-18(11-12-18)13-14-22-7-3;/h16H,5-15H2,1-4H3,(H2,19,20,21);1H. The van der Waals surface area contributed by atoms with E-state index in [1.807, 2.05) is 0 Å². The van der Waals surface area contributed by atoms with Crippen LogP contribution >= 0.6 is 24.0 Å². The number of aliphatic imine (C=N–C) groups is 1. The normalized spacial score (nSPS) is 17.3. The highest BCUT2D eigenvalue weighted by atomic mass is 127. The molecule has 0 bridgehead atoms. The fraction of sp³-hybridized carbons (Fsp3) is 0.944. The molecule has 1 saturated carbocycles. The highest BCUT2D eigenvalue weighted by Crippen LogP contribution is 2.48. The number of nitrogens with one attached hydrogen (secondary N) is 2. The molecule has 1 aliphatic rings. The largest absolute Gasteiger partial charge is 0.382 e. The molecule has 4 nitrogen and oxygen atoms in total. The summed E-state index contributed by atoms with van der Waals surface area (Å²) in [5, 5.41) is 6.93. The first-order valence-corrected chi connectivity index (χ1v) is 9.28. The van der Waals surface area contributed by atoms with Crippen molar-refractivity contribution in [3.63, 3.8) is 0 Å². The molecular weight excluding hydrogens is 401 g/mol. The van der Waals surface area contributed by atoms with Crippen LogP contribution in [0.2, 0.25) is 0 Å². The van der Waals surface area contributed by atoms with E-state index in [4.69, 9.17) is 9.73 Å². The van der Waals surface area contributed by atoms with Crippen LogP contribution in [0.4, 0.5) is 0 Å². The maximum atomic E-state index is 5.50. The molecule has 0 radical (unpaired) electrons. The summed E-state index contributed by atoms with van der Waals surface area (Å²) < 4.78 is 5.50. The van der Waals surface area contributed by atoms with Crippen LogP contribution in [0.15, 0.2) is 4.99 Å². The summed E-state index contributed by atoms with van der Waals surface area (Å²) in [5.74, 6) is 0.981. The lowest BCUT2D eigenvalue weighted by Gasteiger charge is -2.19. The van der Waals surface area contributed by atoms with Crippen molar-refractivity contribution in [2.75, 3.05) is 26.3 Å². The first kappa shape index (κ1) is 23.0. The Hall–Kier alpha value is -0.0400. The number of hydrogen-bond acceptors (Lipinski definition) is 2. The molecule has 0 aromatic rings. The van der Waals surface area contributed by atoms with E-state index in [2.05, 4.69) is 38.3 Å². The lowest BCUT2D eigenvalue weighted by molar-refractivity contribution is 0.129. The number of rotatable bonds is 12. The summed E-state index contributed by atoms with van der Waals surface area (Å²) in [6.07, 6.45) is 8.86. The molecule has 5 heteroatoms. The SMILES string of the molecule is CCCCCC(C)NC(=NCC1(CCOCC)CC1)NCC.I. The number of unbranched alkanes of at least 4 members (excludes halogenated alkanes) is 2. The van der Waals surface area contributed by atoms with Crippen molar-refractivity contribution in [2.24, 2.45) is 10.4 Å². The highest BCUT2D eigenvalue weighted by molar-refractivity contribution is 14.0. The summed E-state index contributed by atoms with van der Waals surface area (Å²) in [4.78, 5) is 4.83. The van der Waals surface area contributed by atoms with Crippen LogP contribution in [0.5, 0.6) is 0 Å². The van der Waals surface area contributed by atoms with Gasteiger partial charge in [-0.05, 0) is 51.9 Å². The molecular formula is C18H38IN3O. The number of guanidine groups is 1. The molecule has 2 N–H and O–H groups in total. The van der Waals surface area contributed by atoms with E-state index in [0.29, 0.717) is 11.5 Å². The van der Waals surface area contributed by atoms with Crippen LogP contribution in [0.1, 0.15) is 72.6 Å². The molecule has 0 aromatic heterocycles. The number of hydrogen-bond donors (Lipinski definition) is 2. The monoisotopic (exact) mass is 439 g/mol. The molecule has 0 heterocycles. The second kappa shape index (κ2) is 13.3. The van der Waals surface area contributed by atoms with E-state index in [0.717, 1.165) is 38.7 Å². The molecule has 1 unspecified atom stereocenters. The summed E-state index contributed by atoms with van der Waals surface area (Å²) >= 11 is 0. The minimum atomic E-state index is 0. The summed E-state index contributed by atoms with van der Waals surface area (Å²) in [6, 6.07) is 0.489. The van der Waals surface area contributed by atoms with Crippen LogP contribution < -0.4 is 10.6 Å². The average molecular weight is 439 g/mol. The first-order chi connectivity index (χ1) is 10.7. The third kappa shape index (κ3) is 10.4. The van der Waals surface area contributed by atoms with Crippen molar-refractivity contribution in [2.45, 2.75) is 78.7 Å². The Balaban J connectivity index is 0.00000484. The summed E-state index contributed by atoms with van der Waals surface area (Å²) in [5.41, 5.74) is 0.420. The Morgan fingerprint density at radius 2 is 1.96 bits per heavy atom. The number of nitrogens with zero attached hydrogens (tertiary/aromatic N) is 1. The fourth-order valence-corrected chi connectivity index (χ4v) is 2.67. The van der Waals surface area contributed by atoms with E-state index in [1.165, 1.54) is 38.5 Å². The molecule has 0 saturated heterocycles. The number of halogens is 1. The van der Waals surface area contributed by atoms with Crippen LogP contribution in [-0.4, -0.2) is 38.3 Å². The Morgan fingerprint density at radius 3 is 2.52 bits per heavy atom. The summed E-state index contributed by atoms with van der Waals surface area (Å²) in [7, 11) is 0. The minimum Gasteiger partial charge on any atom is -0.382 e. The van der Waals surface area contributed by atoms with Gasteiger partial charge in [0.1, 0.15) is 0 Å². The molecule has 23 heavy (non-hydrogen) atoms. The van der Waals surface area contributed by atoms with Crippen LogP contribution in [0, 0.1) is 5.41 Å². The lowest BCUT2D eigenvalue weighted by Crippen LogP contribution is -2.42. The predicted octanol–water partition coefficient (Wildman–Crippen LogP) is 4.34. The second-order valence-corrected chi connectivity index (χ2v) is 6.68. The third-order valence-electron chi connectivity index (χ3n) is 4.48. The molecule has 138 valence electrons. The first-order valence-electron chi connectivity index (χ1n) is 9.28. The Labute approximate surface area is 160 Å². The van der Waals surface area contributed by atoms with Crippen molar-refractivity contribution in [1.29, 1.82) is 0 Å². The smallest absolute Gasteiger partial charge is 0.191 e. The van der Waals surface area contributed by atoms with Crippen molar-refractivity contribution >= 4 is 29.9 Å². The lowest BCUT2D eigenvalue weighted by atomic mass is 10.0. The van der Waals surface area contributed by atoms with Gasteiger partial charge in [-0.1, -0.05) is 26.2 Å². The fourth-order valence-electron chi connectivity index (χ4n) is 2.67. The molecule has 1 aliphatic carbocycles. The van der Waals surface area contributed by atoms with Gasteiger partial charge in [-0.2, -0.15) is 0 Å². The Kier molecular flexibility index (Phi) is 13.3. The van der Waals surface area contributed by atoms with Gasteiger partial charge in [0, 0.05) is 32.3 Å². The van der Waals surface area contributed by atoms with Crippen molar-refractivity contribution in [3.05, 3.63) is 0 Å². The molecule has 1 rings (SSSR count). The zero-order valence-corrected chi connectivity index (χ0v) is 17.9. The van der Waals surface area contributed by atoms with Gasteiger partial charge >= 0.3 is 0 Å². The van der Waals surface area contributed by atoms with Crippen LogP contribution in [0.3, 0.4) is 0 Å². The van der Waals surface area contributed by atoms with Crippen molar-refractivity contribution in [1.82, 2.24) is 10.6 Å². The van der Waals surface area contributed by atoms with Gasteiger partial charge < -0.3 is 15.4 Å². The van der Waals surface area contributed by atoms with Gasteiger partial charge in [-0.3, -0.25) is 4.99 Å². The van der Waals surface area contributed by atoms with Gasteiger partial charge in [0.2, 0.25) is 0 Å². The molecule has 1 fully saturated rings. The maximum absolute atomic E-state index is 5.50. The quantitative estimate of drug-likeness (QED) is 0.206. The molecule has 0 aliphatic heterocycles. The zero-order chi connectivity index (χ0) is 16.3. The van der Waals surface area contributed by atoms with Crippen molar-refractivity contribution < 1.29 is 4.74 Å². The van der Waals surface area contributed by atoms with Gasteiger partial charge in [-0.15, -0.1) is 24.0 Å². The van der Waals surface area contributed by atoms with Crippen LogP contribution in [-0.2, 0) is 4.74 Å². The van der Waals surface area contributed by atoms with Gasteiger partial charge in [0.15, 0.2) is 5.96 Å². The van der Waals surface area contributed by atoms with Gasteiger partial charge in [-0.25, -0.2) is 0 Å². The average Bonchev–Trinajstić information content (AvgIpc) is 3.26. The minimum absolute atomic E-state index is 0. The van der Waals surface area contributed by atoms with Crippen molar-refractivity contribution in [3.8, 4) is 0 Å². The van der Waals surface area contributed by atoms with Gasteiger partial charge in [0.25, 0.3) is 0 Å². The summed E-state index contributed by atoms with van der Waals surface area (Å²) in [6.45, 7) is 12.2. The Morgan fingerprint density at radius 1 is 1.22 bits per heavy atom. The maximum Gasteiger partial charge on any atom is 0.191 e. The molecule has 0 aromatic carbocycles. The van der Waals surface area contributed by atoms with Crippen LogP contribution in [0.25, 0.3) is 0 Å². The third-order valence-corrected chi connectivity index (χ3v) is 4.48. The second-order valence-electron chi connectivity index (χ2n) is 6.68. The van der Waals surface area contributed by atoms with E-state index < -0.39 is 0 Å². The van der Waals surface area contributed by atoms with Gasteiger partial charge in [0.05, 0.1) is 0 Å². The molecule has 0 spiro atoms. The topological polar surface area (TPSA) is 45.7 Å². The molecule has 0 amide bonds. The van der Waals surface area contributed by atoms with E-state index in [9.17, 15) is 0 Å².